The van der Waals surface area contributed by atoms with Crippen LogP contribution in [-0.2, 0) is 9.53 Å². The van der Waals surface area contributed by atoms with Crippen molar-refractivity contribution in [1.82, 2.24) is 4.90 Å². The summed E-state index contributed by atoms with van der Waals surface area (Å²) in [6.07, 6.45) is 0.782. The average molecular weight is 231 g/mol. The lowest BCUT2D eigenvalue weighted by molar-refractivity contribution is -0.137. The highest BCUT2D eigenvalue weighted by molar-refractivity contribution is 8.01. The summed E-state index contributed by atoms with van der Waals surface area (Å²) in [5.74, 6) is 0.232. The van der Waals surface area contributed by atoms with Gasteiger partial charge in [-0.25, -0.2) is 0 Å². The fraction of sp³-hybridized carbons (Fsp3) is 0.909. The molecule has 1 heterocycles. The maximum Gasteiger partial charge on any atom is 0.238 e. The number of rotatable bonds is 4. The maximum atomic E-state index is 12.1. The van der Waals surface area contributed by atoms with Crippen LogP contribution >= 0.6 is 11.8 Å². The molecule has 3 nitrogen and oxygen atoms in total. The Morgan fingerprint density at radius 3 is 2.33 bits per heavy atom. The van der Waals surface area contributed by atoms with Gasteiger partial charge in [0.25, 0.3) is 0 Å². The summed E-state index contributed by atoms with van der Waals surface area (Å²) in [4.78, 5) is 13.9. The first kappa shape index (κ1) is 12.8. The molecular formula is C11H21NO2S. The fourth-order valence-electron chi connectivity index (χ4n) is 1.94. The topological polar surface area (TPSA) is 29.5 Å². The van der Waals surface area contributed by atoms with Gasteiger partial charge in [-0.1, -0.05) is 13.8 Å². The molecule has 1 rings (SSSR count). The standard InChI is InChI=1S/C11H21NO2S/c1-7(2)12-10(14-5)6-9(11(12)13)15-8(3)4/h7-10H,6H2,1-5H3. The molecule has 1 saturated heterocycles. The third-order valence-corrected chi connectivity index (χ3v) is 3.79. The average Bonchev–Trinajstić information content (AvgIpc) is 2.42. The molecule has 0 N–H and O–H groups in total. The minimum atomic E-state index is -0.0336. The van der Waals surface area contributed by atoms with Gasteiger partial charge in [-0.3, -0.25) is 4.79 Å². The molecule has 1 fully saturated rings. The van der Waals surface area contributed by atoms with E-state index in [1.807, 2.05) is 18.7 Å². The van der Waals surface area contributed by atoms with Gasteiger partial charge in [0.1, 0.15) is 6.23 Å². The van der Waals surface area contributed by atoms with E-state index in [1.165, 1.54) is 0 Å². The SMILES string of the molecule is COC1CC(SC(C)C)C(=O)N1C(C)C. The van der Waals surface area contributed by atoms with Gasteiger partial charge in [-0.05, 0) is 19.1 Å². The van der Waals surface area contributed by atoms with Crippen LogP contribution in [0.15, 0.2) is 0 Å². The molecule has 15 heavy (non-hydrogen) atoms. The largest absolute Gasteiger partial charge is 0.361 e. The summed E-state index contributed by atoms with van der Waals surface area (Å²) >= 11 is 1.74. The van der Waals surface area contributed by atoms with Gasteiger partial charge in [0.2, 0.25) is 5.91 Å². The van der Waals surface area contributed by atoms with Gasteiger partial charge >= 0.3 is 0 Å². The van der Waals surface area contributed by atoms with Crippen molar-refractivity contribution in [2.24, 2.45) is 0 Å². The van der Waals surface area contributed by atoms with Crippen LogP contribution in [0.25, 0.3) is 0 Å². The number of hydrogen-bond acceptors (Lipinski definition) is 3. The molecule has 1 aliphatic rings. The van der Waals surface area contributed by atoms with Crippen LogP contribution in [0, 0.1) is 0 Å². The van der Waals surface area contributed by atoms with E-state index in [0.717, 1.165) is 6.42 Å². The van der Waals surface area contributed by atoms with Crippen molar-refractivity contribution in [1.29, 1.82) is 0 Å². The number of hydrogen-bond donors (Lipinski definition) is 0. The summed E-state index contributed by atoms with van der Waals surface area (Å²) in [6.45, 7) is 8.31. The molecule has 0 aromatic carbocycles. The van der Waals surface area contributed by atoms with Crippen LogP contribution in [0.5, 0.6) is 0 Å². The maximum absolute atomic E-state index is 12.1. The Bertz CT molecular complexity index is 231. The number of carbonyl (C=O) groups excluding carboxylic acids is 1. The smallest absolute Gasteiger partial charge is 0.238 e. The first-order valence-electron chi connectivity index (χ1n) is 5.47. The van der Waals surface area contributed by atoms with E-state index in [-0.39, 0.29) is 23.4 Å². The summed E-state index contributed by atoms with van der Waals surface area (Å²) < 4.78 is 5.36. The second-order valence-electron chi connectivity index (χ2n) is 4.44. The normalized spacial score (nSPS) is 27.1. The van der Waals surface area contributed by atoms with E-state index in [9.17, 15) is 4.79 Å². The molecule has 1 aliphatic heterocycles. The number of thioether (sulfide) groups is 1. The van der Waals surface area contributed by atoms with Crippen molar-refractivity contribution >= 4 is 17.7 Å². The molecule has 0 aromatic heterocycles. The molecule has 0 aromatic rings. The van der Waals surface area contributed by atoms with Gasteiger partial charge in [-0.15, -0.1) is 11.8 Å². The zero-order valence-electron chi connectivity index (χ0n) is 10.2. The third-order valence-electron chi connectivity index (χ3n) is 2.52. The molecule has 0 saturated carbocycles. The summed E-state index contributed by atoms with van der Waals surface area (Å²) in [5, 5.41) is 0.570. The van der Waals surface area contributed by atoms with Crippen molar-refractivity contribution in [3.05, 3.63) is 0 Å². The zero-order valence-corrected chi connectivity index (χ0v) is 11.0. The molecule has 4 heteroatoms. The fourth-order valence-corrected chi connectivity index (χ4v) is 3.12. The molecule has 0 bridgehead atoms. The molecular weight excluding hydrogens is 210 g/mol. The highest BCUT2D eigenvalue weighted by atomic mass is 32.2. The Labute approximate surface area is 96.5 Å². The van der Waals surface area contributed by atoms with E-state index < -0.39 is 0 Å². The van der Waals surface area contributed by atoms with Crippen LogP contribution in [0.4, 0.5) is 0 Å². The first-order valence-corrected chi connectivity index (χ1v) is 6.42. The lowest BCUT2D eigenvalue weighted by Gasteiger charge is -2.27. The van der Waals surface area contributed by atoms with E-state index in [1.54, 1.807) is 18.9 Å². The third kappa shape index (κ3) is 2.88. The molecule has 0 spiro atoms. The highest BCUT2D eigenvalue weighted by Crippen LogP contribution is 2.32. The predicted molar refractivity (Wildman–Crippen MR) is 63.9 cm³/mol. The molecule has 2 unspecified atom stereocenters. The summed E-state index contributed by atoms with van der Waals surface area (Å²) in [7, 11) is 1.68. The van der Waals surface area contributed by atoms with Gasteiger partial charge < -0.3 is 9.64 Å². The van der Waals surface area contributed by atoms with Crippen LogP contribution in [0.3, 0.4) is 0 Å². The number of nitrogens with zero attached hydrogens (tertiary/aromatic N) is 1. The predicted octanol–water partition coefficient (Wildman–Crippen LogP) is 2.11. The summed E-state index contributed by atoms with van der Waals surface area (Å²) in [6, 6.07) is 0.222. The minimum Gasteiger partial charge on any atom is -0.361 e. The van der Waals surface area contributed by atoms with Crippen molar-refractivity contribution in [2.45, 2.75) is 56.9 Å². The Kier molecular flexibility index (Phi) is 4.46. The van der Waals surface area contributed by atoms with Crippen LogP contribution in [-0.4, -0.2) is 40.7 Å². The van der Waals surface area contributed by atoms with Gasteiger partial charge in [0.05, 0.1) is 5.25 Å². The van der Waals surface area contributed by atoms with Gasteiger partial charge in [0, 0.05) is 19.6 Å². The van der Waals surface area contributed by atoms with Crippen LogP contribution < -0.4 is 0 Å². The van der Waals surface area contributed by atoms with Crippen molar-refractivity contribution in [2.75, 3.05) is 7.11 Å². The Morgan fingerprint density at radius 1 is 1.40 bits per heavy atom. The minimum absolute atomic E-state index is 0.0336. The second-order valence-corrected chi connectivity index (χ2v) is 6.22. The van der Waals surface area contributed by atoms with E-state index in [4.69, 9.17) is 4.74 Å². The number of likely N-dealkylation sites (tertiary alicyclic amines) is 1. The second kappa shape index (κ2) is 5.21. The number of ether oxygens (including phenoxy) is 1. The molecule has 0 radical (unpaired) electrons. The van der Waals surface area contributed by atoms with E-state index >= 15 is 0 Å². The number of carbonyl (C=O) groups is 1. The van der Waals surface area contributed by atoms with E-state index in [0.29, 0.717) is 5.25 Å². The van der Waals surface area contributed by atoms with E-state index in [2.05, 4.69) is 13.8 Å². The Hall–Kier alpha value is -0.220. The molecule has 88 valence electrons. The quantitative estimate of drug-likeness (QED) is 0.742. The molecule has 0 aliphatic carbocycles. The highest BCUT2D eigenvalue weighted by Gasteiger charge is 2.41. The van der Waals surface area contributed by atoms with Crippen molar-refractivity contribution in [3.63, 3.8) is 0 Å². The van der Waals surface area contributed by atoms with Crippen LogP contribution in [0.2, 0.25) is 0 Å². The summed E-state index contributed by atoms with van der Waals surface area (Å²) in [5.41, 5.74) is 0. The van der Waals surface area contributed by atoms with Gasteiger partial charge in [0.15, 0.2) is 0 Å². The first-order chi connectivity index (χ1) is 6.97. The van der Waals surface area contributed by atoms with Gasteiger partial charge in [-0.2, -0.15) is 0 Å². The van der Waals surface area contributed by atoms with Crippen molar-refractivity contribution in [3.8, 4) is 0 Å². The molecule has 1 amide bonds. The molecule has 2 atom stereocenters. The number of amides is 1. The lowest BCUT2D eigenvalue weighted by atomic mass is 10.3. The lowest BCUT2D eigenvalue weighted by Crippen LogP contribution is -2.40. The van der Waals surface area contributed by atoms with Crippen LogP contribution in [0.1, 0.15) is 34.1 Å². The number of methoxy groups -OCH3 is 1. The monoisotopic (exact) mass is 231 g/mol. The zero-order chi connectivity index (χ0) is 11.6. The Morgan fingerprint density at radius 2 is 2.00 bits per heavy atom. The Balaban J connectivity index is 2.70. The van der Waals surface area contributed by atoms with Crippen molar-refractivity contribution < 1.29 is 9.53 Å².